The smallest absolute Gasteiger partial charge is 0.0832 e. The van der Waals surface area contributed by atoms with Crippen LogP contribution < -0.4 is 0 Å². The Hall–Kier alpha value is 2.12. The van der Waals surface area contributed by atoms with Crippen LogP contribution in [0.15, 0.2) is 0 Å². The maximum absolute atomic E-state index is 4.26. The predicted molar refractivity (Wildman–Crippen MR) is 25.6 cm³/mol. The molecule has 0 atom stereocenters. The molecule has 0 aliphatic carbocycles. The Morgan fingerprint density at radius 2 is 0.625 bits per heavy atom. The first-order chi connectivity index (χ1) is 2.83. The molecule has 0 saturated heterocycles. The van der Waals surface area contributed by atoms with Gasteiger partial charge in [0.2, 0.25) is 0 Å². The van der Waals surface area contributed by atoms with Crippen LogP contribution in [-0.4, -0.2) is 0 Å². The van der Waals surface area contributed by atoms with E-state index in [1.54, 1.807) is 0 Å². The summed E-state index contributed by atoms with van der Waals surface area (Å²) in [7, 11) is 0. The third-order valence-corrected chi connectivity index (χ3v) is 0. The van der Waals surface area contributed by atoms with Crippen molar-refractivity contribution in [3.63, 3.8) is 0 Å². The normalized spacial score (nSPS) is 4.50. The van der Waals surface area contributed by atoms with Crippen molar-refractivity contribution in [1.82, 2.24) is 0 Å². The van der Waals surface area contributed by atoms with E-state index < -0.39 is 0 Å². The first-order valence-corrected chi connectivity index (χ1v) is 1.85. The quantitative estimate of drug-likeness (QED) is 0.640. The van der Waals surface area contributed by atoms with Gasteiger partial charge in [-0.25, -0.2) is 0 Å². The Balaban J connectivity index is -0.0000000160. The molecule has 0 amide bonds. The molecule has 0 aromatic heterocycles. The summed E-state index contributed by atoms with van der Waals surface area (Å²) in [6.45, 7) is 0. The van der Waals surface area contributed by atoms with Crippen LogP contribution in [0.2, 0.25) is 0 Å². The van der Waals surface area contributed by atoms with E-state index in [1.807, 2.05) is 0 Å². The fourth-order valence-electron chi connectivity index (χ4n) is 0. The summed E-state index contributed by atoms with van der Waals surface area (Å²) in [5.41, 5.74) is 0. The summed E-state index contributed by atoms with van der Waals surface area (Å²) in [6, 6.07) is 0. The van der Waals surface area contributed by atoms with E-state index in [0.717, 1.165) is 0 Å². The van der Waals surface area contributed by atoms with Crippen molar-refractivity contribution in [2.75, 3.05) is 0 Å². The Morgan fingerprint density at radius 1 is 0.625 bits per heavy atom. The van der Waals surface area contributed by atoms with Crippen LogP contribution in [0.1, 0.15) is 0 Å². The van der Waals surface area contributed by atoms with Gasteiger partial charge in [0.1, 0.15) is 0 Å². The molecule has 62 valence electrons. The Bertz CT molecular complexity index is 14.0. The van der Waals surface area contributed by atoms with Crippen molar-refractivity contribution < 1.29 is 41.8 Å². The Morgan fingerprint density at radius 3 is 0.625 bits per heavy atom. The van der Waals surface area contributed by atoms with Crippen LogP contribution in [0.5, 0.6) is 0 Å². The topological polar surface area (TPSA) is 18.5 Å². The summed E-state index contributed by atoms with van der Waals surface area (Å²) < 4.78 is 6.39. The summed E-state index contributed by atoms with van der Waals surface area (Å²) in [4.78, 5) is 0. The number of hydrogen-bond acceptors (Lipinski definition) is 2. The van der Waals surface area contributed by atoms with Crippen molar-refractivity contribution in [3.05, 3.63) is 0 Å². The fraction of sp³-hybridized carbons (Fsp3) is 0. The summed E-state index contributed by atoms with van der Waals surface area (Å²) in [5, 5.41) is 0. The van der Waals surface area contributed by atoms with Gasteiger partial charge in [0.05, 0.1) is 47.5 Å². The molecule has 0 bridgehead atoms. The minimum atomic E-state index is 0. The molecule has 0 heterocycles. The molecule has 0 aliphatic heterocycles. The van der Waals surface area contributed by atoms with E-state index >= 15 is 0 Å². The molecule has 0 fully saturated rings. The molecule has 0 aromatic rings. The maximum atomic E-state index is 4.26. The average molecular weight is 301 g/mol. The van der Waals surface area contributed by atoms with Gasteiger partial charge in [-0.15, -0.1) is 0 Å². The molecule has 0 aromatic carbocycles. The van der Waals surface area contributed by atoms with Gasteiger partial charge < -0.3 is 0 Å². The fourth-order valence-corrected chi connectivity index (χ4v) is 0. The van der Waals surface area contributed by atoms with E-state index in [4.69, 9.17) is 0 Å². The zero-order valence-corrected chi connectivity index (χ0v) is 7.84. The summed E-state index contributed by atoms with van der Waals surface area (Å²) >= 11 is 17.1. The van der Waals surface area contributed by atoms with Crippen molar-refractivity contribution in [1.29, 1.82) is 0 Å². The summed E-state index contributed by atoms with van der Waals surface area (Å²) in [5.74, 6) is 0. The van der Waals surface area contributed by atoms with Gasteiger partial charge in [0.25, 0.3) is 0 Å². The van der Waals surface area contributed by atoms with Crippen molar-refractivity contribution in [3.8, 4) is 0 Å². The molecule has 0 saturated carbocycles. The third kappa shape index (κ3) is 91.6. The molecule has 2 nitrogen and oxygen atoms in total. The van der Waals surface area contributed by atoms with Crippen LogP contribution in [0.25, 0.3) is 0 Å². The third-order valence-electron chi connectivity index (χ3n) is 0. The largest absolute Gasteiger partial charge is 0.166 e. The minimum Gasteiger partial charge on any atom is -0.166 e. The number of hydrogen-bond donors (Lipinski definition) is 0. The zero-order chi connectivity index (χ0) is 5.41. The van der Waals surface area contributed by atoms with E-state index in [-0.39, 0.29) is 34.1 Å². The molecule has 0 rings (SSSR count). The van der Waals surface area contributed by atoms with Gasteiger partial charge in [-0.3, -0.25) is 0 Å². The molecule has 0 unspecified atom stereocenters. The second kappa shape index (κ2) is 35.4. The van der Waals surface area contributed by atoms with Crippen LogP contribution in [-0.2, 0) is 41.8 Å². The van der Waals surface area contributed by atoms with Gasteiger partial charge in [-0.2, -0.15) is 7.68 Å². The Labute approximate surface area is 88.7 Å². The van der Waals surface area contributed by atoms with Crippen LogP contribution in [0.3, 0.4) is 0 Å². The number of halogens is 4. The predicted octanol–water partition coefficient (Wildman–Crippen LogP) is 2.62. The van der Waals surface area contributed by atoms with E-state index in [1.165, 1.54) is 0 Å². The first kappa shape index (κ1) is 22.5. The van der Waals surface area contributed by atoms with Gasteiger partial charge in [-0.05, 0) is 0 Å². The number of rotatable bonds is 0. The maximum Gasteiger partial charge on any atom is 0.0832 e. The van der Waals surface area contributed by atoms with Crippen LogP contribution in [0.4, 0.5) is 0 Å². The van der Waals surface area contributed by atoms with Crippen molar-refractivity contribution in [2.45, 2.75) is 0 Å². The molecule has 0 N–H and O–H groups in total. The van der Waals surface area contributed by atoms with Crippen molar-refractivity contribution in [2.24, 2.45) is 0 Å². The van der Waals surface area contributed by atoms with E-state index in [9.17, 15) is 0 Å². The second-order valence-electron chi connectivity index (χ2n) is 0.117. The minimum absolute atomic E-state index is 0. The molecule has 2 radical (unpaired) electrons. The molecule has 0 aliphatic rings. The van der Waals surface area contributed by atoms with E-state index in [0.29, 0.717) is 0 Å². The molecular weight excluding hydrogens is 301 g/mol. The summed E-state index contributed by atoms with van der Waals surface area (Å²) in [6.07, 6.45) is 0. The standard InChI is InChI=1S/2Cl2O.2Cu/c2*1-3-2;;. The van der Waals surface area contributed by atoms with Gasteiger partial charge >= 0.3 is 0 Å². The van der Waals surface area contributed by atoms with Crippen LogP contribution in [0, 0.1) is 0 Å². The molecule has 8 heavy (non-hydrogen) atoms. The van der Waals surface area contributed by atoms with Gasteiger partial charge in [-0.1, -0.05) is 0 Å². The van der Waals surface area contributed by atoms with E-state index in [2.05, 4.69) is 55.1 Å². The van der Waals surface area contributed by atoms with Gasteiger partial charge in [0.15, 0.2) is 0 Å². The first-order valence-electron chi connectivity index (χ1n) is 0.617. The van der Waals surface area contributed by atoms with Crippen molar-refractivity contribution >= 4 is 47.5 Å². The SMILES string of the molecule is ClOCl.ClOCl.[Cu].[Cu]. The van der Waals surface area contributed by atoms with Crippen LogP contribution >= 0.6 is 47.5 Å². The average Bonchev–Trinajstić information content (AvgIpc) is 1.39. The monoisotopic (exact) mass is 298 g/mol. The Kier molecular flexibility index (Phi) is 99.5. The molecule has 0 spiro atoms. The van der Waals surface area contributed by atoms with Gasteiger partial charge in [0, 0.05) is 34.1 Å². The second-order valence-corrected chi connectivity index (χ2v) is 1.05. The molecule has 8 heteroatoms. The zero-order valence-electron chi connectivity index (χ0n) is 2.93. The molecular formula is Cl4Cu2O2.